The Morgan fingerprint density at radius 2 is 1.65 bits per heavy atom. The minimum Gasteiger partial charge on any atom is -0.484 e. The van der Waals surface area contributed by atoms with Crippen LogP contribution in [0.1, 0.15) is 11.1 Å². The third kappa shape index (κ3) is 7.31. The average molecular weight is 580 g/mol. The molecule has 0 radical (unpaired) electrons. The van der Waals surface area contributed by atoms with Crippen LogP contribution in [0.25, 0.3) is 6.08 Å². The largest absolute Gasteiger partial charge is 0.484 e. The molecule has 4 rings (SSSR count). The number of aryl methyl sites for hydroxylation is 1. The Balaban J connectivity index is 1.30. The average Bonchev–Trinajstić information content (AvgIpc) is 3.12. The number of amides is 4. The van der Waals surface area contributed by atoms with Gasteiger partial charge in [0.1, 0.15) is 12.3 Å². The van der Waals surface area contributed by atoms with Gasteiger partial charge in [-0.15, -0.1) is 0 Å². The number of thioether (sulfide) groups is 1. The first-order chi connectivity index (χ1) is 17.8. The first-order valence-corrected chi connectivity index (χ1v) is 12.8. The lowest BCUT2D eigenvalue weighted by Crippen LogP contribution is -2.36. The predicted octanol–water partition coefficient (Wildman–Crippen LogP) is 5.45. The van der Waals surface area contributed by atoms with E-state index in [0.717, 1.165) is 26.7 Å². The van der Waals surface area contributed by atoms with Crippen molar-refractivity contribution in [3.05, 3.63) is 93.3 Å². The standard InChI is InChI=1S/C27H22BrN3O5S/c1-17-3-2-4-21(13-17)30-25(33)16-36-22-11-5-18(6-12-22)14-23-26(34)31(27(35)37-23)15-24(32)29-20-9-7-19(28)8-10-20/h2-14H,15-16H2,1H3,(H,29,32)(H,30,33)/b23-14+. The maximum Gasteiger partial charge on any atom is 0.294 e. The molecule has 0 unspecified atom stereocenters. The van der Waals surface area contributed by atoms with Crippen molar-refractivity contribution in [1.29, 1.82) is 0 Å². The third-order valence-electron chi connectivity index (χ3n) is 5.15. The molecule has 10 heteroatoms. The van der Waals surface area contributed by atoms with Crippen LogP contribution in [0.5, 0.6) is 5.75 Å². The summed E-state index contributed by atoms with van der Waals surface area (Å²) >= 11 is 4.10. The quantitative estimate of drug-likeness (QED) is 0.344. The zero-order valence-electron chi connectivity index (χ0n) is 19.7. The fourth-order valence-electron chi connectivity index (χ4n) is 3.39. The number of rotatable bonds is 8. The first kappa shape index (κ1) is 26.2. The predicted molar refractivity (Wildman–Crippen MR) is 147 cm³/mol. The second kappa shape index (κ2) is 11.9. The van der Waals surface area contributed by atoms with Crippen molar-refractivity contribution in [2.24, 2.45) is 0 Å². The summed E-state index contributed by atoms with van der Waals surface area (Å²) in [5.41, 5.74) is 2.96. The van der Waals surface area contributed by atoms with Gasteiger partial charge in [0.2, 0.25) is 5.91 Å². The van der Waals surface area contributed by atoms with Crippen LogP contribution in [-0.4, -0.2) is 41.0 Å². The van der Waals surface area contributed by atoms with Crippen molar-refractivity contribution in [3.63, 3.8) is 0 Å². The van der Waals surface area contributed by atoms with E-state index in [2.05, 4.69) is 26.6 Å². The Morgan fingerprint density at radius 1 is 0.946 bits per heavy atom. The zero-order valence-corrected chi connectivity index (χ0v) is 22.1. The van der Waals surface area contributed by atoms with E-state index in [0.29, 0.717) is 22.7 Å². The molecule has 4 amide bonds. The Hall–Kier alpha value is -3.89. The van der Waals surface area contributed by atoms with E-state index < -0.39 is 17.1 Å². The summed E-state index contributed by atoms with van der Waals surface area (Å²) in [7, 11) is 0. The first-order valence-electron chi connectivity index (χ1n) is 11.2. The molecule has 0 aliphatic carbocycles. The van der Waals surface area contributed by atoms with E-state index >= 15 is 0 Å². The van der Waals surface area contributed by atoms with Gasteiger partial charge < -0.3 is 15.4 Å². The van der Waals surface area contributed by atoms with E-state index in [9.17, 15) is 19.2 Å². The lowest BCUT2D eigenvalue weighted by atomic mass is 10.2. The minimum atomic E-state index is -0.533. The van der Waals surface area contributed by atoms with Crippen molar-refractivity contribution >= 4 is 68.1 Å². The lowest BCUT2D eigenvalue weighted by molar-refractivity contribution is -0.127. The summed E-state index contributed by atoms with van der Waals surface area (Å²) < 4.78 is 6.40. The highest BCUT2D eigenvalue weighted by atomic mass is 79.9. The summed E-state index contributed by atoms with van der Waals surface area (Å²) in [6.07, 6.45) is 1.58. The lowest BCUT2D eigenvalue weighted by Gasteiger charge is -2.12. The number of hydrogen-bond donors (Lipinski definition) is 2. The van der Waals surface area contributed by atoms with E-state index in [1.54, 1.807) is 60.7 Å². The summed E-state index contributed by atoms with van der Waals surface area (Å²) in [5, 5.41) is 4.93. The molecule has 0 aromatic heterocycles. The fourth-order valence-corrected chi connectivity index (χ4v) is 4.50. The Labute approximate surface area is 226 Å². The third-order valence-corrected chi connectivity index (χ3v) is 6.59. The number of carbonyl (C=O) groups excluding carboxylic acids is 4. The maximum atomic E-state index is 12.7. The van der Waals surface area contributed by atoms with Gasteiger partial charge in [0.25, 0.3) is 17.1 Å². The van der Waals surface area contributed by atoms with Crippen LogP contribution in [0.4, 0.5) is 16.2 Å². The van der Waals surface area contributed by atoms with E-state index in [-0.39, 0.29) is 24.0 Å². The molecule has 1 saturated heterocycles. The van der Waals surface area contributed by atoms with Gasteiger partial charge in [-0.1, -0.05) is 40.2 Å². The van der Waals surface area contributed by atoms with Gasteiger partial charge in [-0.3, -0.25) is 24.1 Å². The highest BCUT2D eigenvalue weighted by molar-refractivity contribution is 9.10. The molecule has 0 spiro atoms. The molecular weight excluding hydrogens is 558 g/mol. The van der Waals surface area contributed by atoms with Crippen LogP contribution in [0.15, 0.2) is 82.2 Å². The molecule has 2 N–H and O–H groups in total. The van der Waals surface area contributed by atoms with Crippen LogP contribution in [-0.2, 0) is 14.4 Å². The number of ether oxygens (including phenoxy) is 1. The number of carbonyl (C=O) groups is 4. The molecule has 0 saturated carbocycles. The highest BCUT2D eigenvalue weighted by Gasteiger charge is 2.36. The Kier molecular flexibility index (Phi) is 8.42. The van der Waals surface area contributed by atoms with Gasteiger partial charge in [-0.25, -0.2) is 0 Å². The molecule has 1 aliphatic heterocycles. The molecular formula is C27H22BrN3O5S. The number of benzene rings is 3. The number of imide groups is 1. The number of nitrogens with one attached hydrogen (secondary N) is 2. The van der Waals surface area contributed by atoms with Gasteiger partial charge in [-0.2, -0.15) is 0 Å². The molecule has 8 nitrogen and oxygen atoms in total. The normalized spacial score (nSPS) is 14.1. The summed E-state index contributed by atoms with van der Waals surface area (Å²) in [6, 6.07) is 21.2. The van der Waals surface area contributed by atoms with E-state index in [4.69, 9.17) is 4.74 Å². The highest BCUT2D eigenvalue weighted by Crippen LogP contribution is 2.32. The topological polar surface area (TPSA) is 105 Å². The molecule has 3 aromatic rings. The molecule has 1 heterocycles. The molecule has 0 atom stereocenters. The molecule has 1 fully saturated rings. The smallest absolute Gasteiger partial charge is 0.294 e. The molecule has 0 bridgehead atoms. The number of hydrogen-bond acceptors (Lipinski definition) is 6. The molecule has 1 aliphatic rings. The maximum absolute atomic E-state index is 12.7. The van der Waals surface area contributed by atoms with Crippen LogP contribution in [0.2, 0.25) is 0 Å². The number of nitrogens with zero attached hydrogens (tertiary/aromatic N) is 1. The summed E-state index contributed by atoms with van der Waals surface area (Å²) in [4.78, 5) is 50.7. The van der Waals surface area contributed by atoms with Gasteiger partial charge >= 0.3 is 0 Å². The van der Waals surface area contributed by atoms with Crippen molar-refractivity contribution in [1.82, 2.24) is 4.90 Å². The van der Waals surface area contributed by atoms with Crippen molar-refractivity contribution in [2.45, 2.75) is 6.92 Å². The second-order valence-corrected chi connectivity index (χ2v) is 10.0. The Bertz CT molecular complexity index is 1370. The van der Waals surface area contributed by atoms with E-state index in [1.165, 1.54) is 0 Å². The van der Waals surface area contributed by atoms with Crippen LogP contribution >= 0.6 is 27.7 Å². The summed E-state index contributed by atoms with van der Waals surface area (Å²) in [5.74, 6) is -0.810. The summed E-state index contributed by atoms with van der Waals surface area (Å²) in [6.45, 7) is 1.40. The minimum absolute atomic E-state index is 0.158. The van der Waals surface area contributed by atoms with Crippen LogP contribution < -0.4 is 15.4 Å². The number of anilines is 2. The monoisotopic (exact) mass is 579 g/mol. The van der Waals surface area contributed by atoms with E-state index in [1.807, 2.05) is 25.1 Å². The van der Waals surface area contributed by atoms with Crippen molar-refractivity contribution in [2.75, 3.05) is 23.8 Å². The van der Waals surface area contributed by atoms with Gasteiger partial charge in [0.15, 0.2) is 6.61 Å². The SMILES string of the molecule is Cc1cccc(NC(=O)COc2ccc(/C=C3/SC(=O)N(CC(=O)Nc4ccc(Br)cc4)C3=O)cc2)c1. The van der Waals surface area contributed by atoms with Crippen LogP contribution in [0, 0.1) is 6.92 Å². The van der Waals surface area contributed by atoms with Crippen molar-refractivity contribution < 1.29 is 23.9 Å². The molecule has 188 valence electrons. The second-order valence-electron chi connectivity index (χ2n) is 8.10. The molecule has 37 heavy (non-hydrogen) atoms. The van der Waals surface area contributed by atoms with Gasteiger partial charge in [0.05, 0.1) is 4.91 Å². The fraction of sp³-hybridized carbons (Fsp3) is 0.111. The number of halogens is 1. The zero-order chi connectivity index (χ0) is 26.4. The van der Waals surface area contributed by atoms with Crippen molar-refractivity contribution in [3.8, 4) is 5.75 Å². The van der Waals surface area contributed by atoms with Gasteiger partial charge in [0, 0.05) is 15.8 Å². The van der Waals surface area contributed by atoms with Gasteiger partial charge in [-0.05, 0) is 84.4 Å². The Morgan fingerprint density at radius 3 is 2.35 bits per heavy atom. The van der Waals surface area contributed by atoms with Crippen LogP contribution in [0.3, 0.4) is 0 Å². The molecule has 3 aromatic carbocycles.